The molecule has 0 bridgehead atoms. The minimum Gasteiger partial charge on any atom is -0.497 e. The Hall–Kier alpha value is -2.04. The standard InChI is InChI=1S/C19H23NO3/c1-21-17-9-7-16(8-10-17)13-20-11-12-22-15-19(14-20)23-18-5-3-2-4-6-18/h2-10,19H,11-15H2,1H3/t19-/m1/s1. The molecule has 1 fully saturated rings. The van der Waals surface area contributed by atoms with Gasteiger partial charge in [0.2, 0.25) is 0 Å². The number of nitrogens with zero attached hydrogens (tertiary/aromatic N) is 1. The van der Waals surface area contributed by atoms with Crippen LogP contribution in [0.1, 0.15) is 5.56 Å². The van der Waals surface area contributed by atoms with Crippen molar-refractivity contribution in [3.8, 4) is 11.5 Å². The molecule has 0 radical (unpaired) electrons. The summed E-state index contributed by atoms with van der Waals surface area (Å²) in [7, 11) is 1.69. The lowest BCUT2D eigenvalue weighted by atomic mass is 10.2. The normalized spacial score (nSPS) is 19.1. The fourth-order valence-electron chi connectivity index (χ4n) is 2.74. The van der Waals surface area contributed by atoms with E-state index >= 15 is 0 Å². The maximum absolute atomic E-state index is 6.05. The topological polar surface area (TPSA) is 30.9 Å². The van der Waals surface area contributed by atoms with E-state index in [1.165, 1.54) is 5.56 Å². The molecule has 0 N–H and O–H groups in total. The van der Waals surface area contributed by atoms with Gasteiger partial charge in [-0.15, -0.1) is 0 Å². The summed E-state index contributed by atoms with van der Waals surface area (Å²) in [6.07, 6.45) is 0.0538. The lowest BCUT2D eigenvalue weighted by molar-refractivity contribution is 0.0710. The number of para-hydroxylation sites is 1. The van der Waals surface area contributed by atoms with Crippen LogP contribution in [0.15, 0.2) is 54.6 Å². The third kappa shape index (κ3) is 4.71. The molecule has 2 aromatic carbocycles. The van der Waals surface area contributed by atoms with Gasteiger partial charge in [0.25, 0.3) is 0 Å². The largest absolute Gasteiger partial charge is 0.497 e. The molecule has 0 saturated carbocycles. The van der Waals surface area contributed by atoms with Gasteiger partial charge in [-0.25, -0.2) is 0 Å². The SMILES string of the molecule is COc1ccc(CN2CCOC[C@H](Oc3ccccc3)C2)cc1. The van der Waals surface area contributed by atoms with Crippen LogP contribution in [0.5, 0.6) is 11.5 Å². The molecule has 3 rings (SSSR count). The zero-order valence-electron chi connectivity index (χ0n) is 13.5. The Kier molecular flexibility index (Phi) is 5.51. The average Bonchev–Trinajstić information content (AvgIpc) is 2.81. The highest BCUT2D eigenvalue weighted by Gasteiger charge is 2.20. The van der Waals surface area contributed by atoms with Crippen molar-refractivity contribution in [2.75, 3.05) is 33.4 Å². The zero-order chi connectivity index (χ0) is 15.9. The number of methoxy groups -OCH3 is 1. The van der Waals surface area contributed by atoms with Gasteiger partial charge in [-0.1, -0.05) is 30.3 Å². The van der Waals surface area contributed by atoms with Crippen molar-refractivity contribution < 1.29 is 14.2 Å². The predicted molar refractivity (Wildman–Crippen MR) is 89.9 cm³/mol. The van der Waals surface area contributed by atoms with Crippen LogP contribution in [0.2, 0.25) is 0 Å². The second-order valence-corrected chi connectivity index (χ2v) is 5.71. The molecular weight excluding hydrogens is 290 g/mol. The van der Waals surface area contributed by atoms with E-state index in [4.69, 9.17) is 14.2 Å². The van der Waals surface area contributed by atoms with Crippen molar-refractivity contribution in [3.05, 3.63) is 60.2 Å². The number of rotatable bonds is 5. The molecule has 0 unspecified atom stereocenters. The summed E-state index contributed by atoms with van der Waals surface area (Å²) in [6.45, 7) is 4.04. The van der Waals surface area contributed by atoms with Gasteiger partial charge in [0.1, 0.15) is 17.6 Å². The van der Waals surface area contributed by atoms with Gasteiger partial charge in [0.15, 0.2) is 0 Å². The second kappa shape index (κ2) is 7.99. The Bertz CT molecular complexity index is 585. The summed E-state index contributed by atoms with van der Waals surface area (Å²) in [5, 5.41) is 0. The predicted octanol–water partition coefficient (Wildman–Crippen LogP) is 2.98. The van der Waals surface area contributed by atoms with Gasteiger partial charge in [0.05, 0.1) is 20.3 Å². The minimum absolute atomic E-state index is 0.0538. The van der Waals surface area contributed by atoms with E-state index in [2.05, 4.69) is 17.0 Å². The second-order valence-electron chi connectivity index (χ2n) is 5.71. The van der Waals surface area contributed by atoms with Crippen LogP contribution in [-0.2, 0) is 11.3 Å². The summed E-state index contributed by atoms with van der Waals surface area (Å²) < 4.78 is 17.0. The molecule has 4 heteroatoms. The molecular formula is C19H23NO3. The Morgan fingerprint density at radius 2 is 1.83 bits per heavy atom. The third-order valence-electron chi connectivity index (χ3n) is 3.93. The molecule has 1 aliphatic heterocycles. The van der Waals surface area contributed by atoms with Gasteiger partial charge < -0.3 is 14.2 Å². The maximum atomic E-state index is 6.05. The molecule has 1 heterocycles. The van der Waals surface area contributed by atoms with Gasteiger partial charge >= 0.3 is 0 Å². The van der Waals surface area contributed by atoms with E-state index in [-0.39, 0.29) is 6.10 Å². The molecule has 0 aliphatic carbocycles. The molecule has 1 atom stereocenters. The first-order chi connectivity index (χ1) is 11.3. The Balaban J connectivity index is 1.60. The first-order valence-corrected chi connectivity index (χ1v) is 7.98. The van der Waals surface area contributed by atoms with Crippen molar-refractivity contribution in [1.29, 1.82) is 0 Å². The smallest absolute Gasteiger partial charge is 0.135 e. The summed E-state index contributed by atoms with van der Waals surface area (Å²) in [4.78, 5) is 2.38. The van der Waals surface area contributed by atoms with Crippen molar-refractivity contribution in [3.63, 3.8) is 0 Å². The van der Waals surface area contributed by atoms with Crippen LogP contribution in [0.3, 0.4) is 0 Å². The number of hydrogen-bond donors (Lipinski definition) is 0. The molecule has 2 aromatic rings. The van der Waals surface area contributed by atoms with Crippen LogP contribution < -0.4 is 9.47 Å². The Labute approximate surface area is 137 Å². The molecule has 1 saturated heterocycles. The van der Waals surface area contributed by atoms with Crippen molar-refractivity contribution in [2.24, 2.45) is 0 Å². The highest BCUT2D eigenvalue weighted by atomic mass is 16.5. The Morgan fingerprint density at radius 1 is 1.04 bits per heavy atom. The van der Waals surface area contributed by atoms with Crippen molar-refractivity contribution >= 4 is 0 Å². The quantitative estimate of drug-likeness (QED) is 0.849. The van der Waals surface area contributed by atoms with E-state index in [9.17, 15) is 0 Å². The maximum Gasteiger partial charge on any atom is 0.135 e. The van der Waals surface area contributed by atoms with Crippen LogP contribution in [0.4, 0.5) is 0 Å². The molecule has 0 aromatic heterocycles. The van der Waals surface area contributed by atoms with Gasteiger partial charge in [-0.2, -0.15) is 0 Å². The highest BCUT2D eigenvalue weighted by Crippen LogP contribution is 2.16. The number of ether oxygens (including phenoxy) is 3. The van der Waals surface area contributed by atoms with Gasteiger partial charge in [-0.05, 0) is 29.8 Å². The zero-order valence-corrected chi connectivity index (χ0v) is 13.5. The van der Waals surface area contributed by atoms with Crippen LogP contribution >= 0.6 is 0 Å². The highest BCUT2D eigenvalue weighted by molar-refractivity contribution is 5.27. The van der Waals surface area contributed by atoms with E-state index in [1.54, 1.807) is 7.11 Å². The minimum atomic E-state index is 0.0538. The van der Waals surface area contributed by atoms with Gasteiger partial charge in [0, 0.05) is 19.6 Å². The third-order valence-corrected chi connectivity index (χ3v) is 3.93. The van der Waals surface area contributed by atoms with E-state index in [1.807, 2.05) is 42.5 Å². The summed E-state index contributed by atoms with van der Waals surface area (Å²) in [5.41, 5.74) is 1.27. The first-order valence-electron chi connectivity index (χ1n) is 7.98. The lowest BCUT2D eigenvalue weighted by Gasteiger charge is -2.24. The fraction of sp³-hybridized carbons (Fsp3) is 0.368. The summed E-state index contributed by atoms with van der Waals surface area (Å²) in [5.74, 6) is 1.78. The number of hydrogen-bond acceptors (Lipinski definition) is 4. The lowest BCUT2D eigenvalue weighted by Crippen LogP contribution is -2.35. The molecule has 122 valence electrons. The number of benzene rings is 2. The molecule has 0 amide bonds. The monoisotopic (exact) mass is 313 g/mol. The Morgan fingerprint density at radius 3 is 2.57 bits per heavy atom. The van der Waals surface area contributed by atoms with Crippen molar-refractivity contribution in [2.45, 2.75) is 12.6 Å². The molecule has 1 aliphatic rings. The van der Waals surface area contributed by atoms with Crippen LogP contribution in [0.25, 0.3) is 0 Å². The average molecular weight is 313 g/mol. The molecule has 23 heavy (non-hydrogen) atoms. The van der Waals surface area contributed by atoms with E-state index in [0.29, 0.717) is 6.61 Å². The molecule has 0 spiro atoms. The summed E-state index contributed by atoms with van der Waals surface area (Å²) >= 11 is 0. The molecule has 4 nitrogen and oxygen atoms in total. The van der Waals surface area contributed by atoms with Crippen molar-refractivity contribution in [1.82, 2.24) is 4.90 Å². The van der Waals surface area contributed by atoms with Crippen LogP contribution in [0, 0.1) is 0 Å². The first kappa shape index (κ1) is 15.8. The summed E-state index contributed by atoms with van der Waals surface area (Å²) in [6, 6.07) is 18.2. The van der Waals surface area contributed by atoms with E-state index in [0.717, 1.165) is 37.7 Å². The van der Waals surface area contributed by atoms with Gasteiger partial charge in [-0.3, -0.25) is 4.90 Å². The van der Waals surface area contributed by atoms with E-state index < -0.39 is 0 Å². The fourth-order valence-corrected chi connectivity index (χ4v) is 2.74. The van der Waals surface area contributed by atoms with Crippen LogP contribution in [-0.4, -0.2) is 44.4 Å².